The summed E-state index contributed by atoms with van der Waals surface area (Å²) in [6.45, 7) is 6.93. The number of nitrogens with one attached hydrogen (secondary N) is 2. The monoisotopic (exact) mass is 314 g/mol. The van der Waals surface area contributed by atoms with E-state index in [0.717, 1.165) is 44.1 Å². The lowest BCUT2D eigenvalue weighted by Crippen LogP contribution is -2.35. The van der Waals surface area contributed by atoms with Gasteiger partial charge in [-0.25, -0.2) is 0 Å². The largest absolute Gasteiger partial charge is 0.379 e. The van der Waals surface area contributed by atoms with Crippen molar-refractivity contribution in [2.75, 3.05) is 26.3 Å². The Kier molecular flexibility index (Phi) is 5.05. The number of aromatic amines is 1. The van der Waals surface area contributed by atoms with Gasteiger partial charge in [0.2, 0.25) is 0 Å². The molecule has 1 saturated heterocycles. The first-order valence-corrected chi connectivity index (χ1v) is 7.89. The summed E-state index contributed by atoms with van der Waals surface area (Å²) in [4.78, 5) is 14.3. The molecule has 1 aromatic carbocycles. The molecule has 23 heavy (non-hydrogen) atoms. The van der Waals surface area contributed by atoms with Gasteiger partial charge in [0.05, 0.1) is 13.2 Å². The molecule has 2 aromatic rings. The molecule has 0 radical (unpaired) electrons. The maximum absolute atomic E-state index is 11.9. The van der Waals surface area contributed by atoms with E-state index >= 15 is 0 Å². The molecule has 1 amide bonds. The highest BCUT2D eigenvalue weighted by Gasteiger charge is 2.11. The van der Waals surface area contributed by atoms with Gasteiger partial charge in [0, 0.05) is 31.9 Å². The molecule has 1 aromatic heterocycles. The van der Waals surface area contributed by atoms with Gasteiger partial charge in [0.1, 0.15) is 5.69 Å². The van der Waals surface area contributed by atoms with Gasteiger partial charge in [-0.1, -0.05) is 24.3 Å². The third kappa shape index (κ3) is 4.40. The number of aromatic nitrogens is 2. The Bertz CT molecular complexity index is 645. The molecule has 3 rings (SSSR count). The van der Waals surface area contributed by atoms with Crippen molar-refractivity contribution >= 4 is 5.91 Å². The van der Waals surface area contributed by atoms with Gasteiger partial charge < -0.3 is 10.1 Å². The molecule has 2 heterocycles. The third-order valence-electron chi connectivity index (χ3n) is 3.92. The van der Waals surface area contributed by atoms with Gasteiger partial charge in [-0.05, 0) is 24.1 Å². The van der Waals surface area contributed by atoms with Crippen molar-refractivity contribution in [3.63, 3.8) is 0 Å². The summed E-state index contributed by atoms with van der Waals surface area (Å²) in [5.41, 5.74) is 3.66. The zero-order chi connectivity index (χ0) is 16.1. The molecule has 6 heteroatoms. The number of aryl methyl sites for hydroxylation is 1. The van der Waals surface area contributed by atoms with Crippen LogP contribution in [0, 0.1) is 6.92 Å². The number of hydrogen-bond acceptors (Lipinski definition) is 4. The number of ether oxygens (including phenoxy) is 1. The number of nitrogens with zero attached hydrogens (tertiary/aromatic N) is 2. The van der Waals surface area contributed by atoms with Crippen LogP contribution in [0.2, 0.25) is 0 Å². The van der Waals surface area contributed by atoms with E-state index in [4.69, 9.17) is 4.74 Å². The number of amides is 1. The quantitative estimate of drug-likeness (QED) is 0.877. The molecule has 1 aliphatic heterocycles. The first-order chi connectivity index (χ1) is 11.2. The first kappa shape index (κ1) is 15.7. The Balaban J connectivity index is 1.50. The minimum absolute atomic E-state index is 0.160. The molecule has 0 bridgehead atoms. The highest BCUT2D eigenvalue weighted by atomic mass is 16.5. The molecule has 1 aliphatic rings. The standard InChI is InChI=1S/C17H22N4O2/c1-13-10-16(20-19-13)17(22)18-11-14-2-4-15(5-3-14)12-21-6-8-23-9-7-21/h2-5,10H,6-9,11-12H2,1H3,(H,18,22)(H,19,20). The molecular weight excluding hydrogens is 292 g/mol. The van der Waals surface area contributed by atoms with E-state index in [1.54, 1.807) is 6.07 Å². The lowest BCUT2D eigenvalue weighted by Gasteiger charge is -2.26. The molecule has 1 fully saturated rings. The molecule has 122 valence electrons. The maximum atomic E-state index is 11.9. The number of rotatable bonds is 5. The summed E-state index contributed by atoms with van der Waals surface area (Å²) < 4.78 is 5.36. The summed E-state index contributed by atoms with van der Waals surface area (Å²) in [6.07, 6.45) is 0. The Morgan fingerprint density at radius 2 is 1.96 bits per heavy atom. The Hall–Kier alpha value is -2.18. The van der Waals surface area contributed by atoms with Crippen molar-refractivity contribution in [1.29, 1.82) is 0 Å². The highest BCUT2D eigenvalue weighted by Crippen LogP contribution is 2.09. The van der Waals surface area contributed by atoms with Crippen LogP contribution in [-0.4, -0.2) is 47.3 Å². The normalized spacial score (nSPS) is 15.5. The van der Waals surface area contributed by atoms with Gasteiger partial charge in [-0.3, -0.25) is 14.8 Å². The van der Waals surface area contributed by atoms with Gasteiger partial charge in [0.25, 0.3) is 5.91 Å². The van der Waals surface area contributed by atoms with Crippen molar-refractivity contribution in [1.82, 2.24) is 20.4 Å². The molecule has 0 unspecified atom stereocenters. The SMILES string of the molecule is Cc1cc(C(=O)NCc2ccc(CN3CCOCC3)cc2)n[nH]1. The second-order valence-electron chi connectivity index (χ2n) is 5.82. The molecule has 6 nitrogen and oxygen atoms in total. The second-order valence-corrected chi connectivity index (χ2v) is 5.82. The lowest BCUT2D eigenvalue weighted by atomic mass is 10.1. The van der Waals surface area contributed by atoms with E-state index in [1.807, 2.05) is 6.92 Å². The zero-order valence-electron chi connectivity index (χ0n) is 13.3. The predicted molar refractivity (Wildman–Crippen MR) is 87.0 cm³/mol. The third-order valence-corrected chi connectivity index (χ3v) is 3.92. The molecule has 0 aliphatic carbocycles. The Labute approximate surface area is 135 Å². The molecule has 2 N–H and O–H groups in total. The van der Waals surface area contributed by atoms with Gasteiger partial charge >= 0.3 is 0 Å². The van der Waals surface area contributed by atoms with E-state index in [0.29, 0.717) is 12.2 Å². The molecule has 0 saturated carbocycles. The number of carbonyl (C=O) groups is 1. The first-order valence-electron chi connectivity index (χ1n) is 7.89. The topological polar surface area (TPSA) is 70.2 Å². The minimum Gasteiger partial charge on any atom is -0.379 e. The number of morpholine rings is 1. The zero-order valence-corrected chi connectivity index (χ0v) is 13.3. The minimum atomic E-state index is -0.160. The van der Waals surface area contributed by atoms with Crippen molar-refractivity contribution in [2.24, 2.45) is 0 Å². The highest BCUT2D eigenvalue weighted by molar-refractivity contribution is 5.92. The van der Waals surface area contributed by atoms with Crippen LogP contribution in [0.5, 0.6) is 0 Å². The average molecular weight is 314 g/mol. The summed E-state index contributed by atoms with van der Waals surface area (Å²) >= 11 is 0. The van der Waals surface area contributed by atoms with Gasteiger partial charge in [0.15, 0.2) is 0 Å². The van der Waals surface area contributed by atoms with Crippen LogP contribution in [0.1, 0.15) is 27.3 Å². The van der Waals surface area contributed by atoms with Crippen LogP contribution < -0.4 is 5.32 Å². The van der Waals surface area contributed by atoms with Crippen LogP contribution in [0.25, 0.3) is 0 Å². The van der Waals surface area contributed by atoms with E-state index < -0.39 is 0 Å². The van der Waals surface area contributed by atoms with E-state index in [2.05, 4.69) is 44.7 Å². The Morgan fingerprint density at radius 3 is 2.61 bits per heavy atom. The average Bonchev–Trinajstić information content (AvgIpc) is 3.01. The van der Waals surface area contributed by atoms with Crippen molar-refractivity contribution in [3.8, 4) is 0 Å². The van der Waals surface area contributed by atoms with Crippen molar-refractivity contribution in [2.45, 2.75) is 20.0 Å². The number of hydrogen-bond donors (Lipinski definition) is 2. The van der Waals surface area contributed by atoms with Gasteiger partial charge in [-0.15, -0.1) is 0 Å². The van der Waals surface area contributed by atoms with Crippen LogP contribution in [-0.2, 0) is 17.8 Å². The van der Waals surface area contributed by atoms with Crippen molar-refractivity contribution in [3.05, 3.63) is 52.8 Å². The maximum Gasteiger partial charge on any atom is 0.272 e. The van der Waals surface area contributed by atoms with Crippen LogP contribution in [0.15, 0.2) is 30.3 Å². The van der Waals surface area contributed by atoms with Crippen molar-refractivity contribution < 1.29 is 9.53 Å². The fourth-order valence-corrected chi connectivity index (χ4v) is 2.59. The van der Waals surface area contributed by atoms with Crippen LogP contribution >= 0.6 is 0 Å². The summed E-state index contributed by atoms with van der Waals surface area (Å²) in [6, 6.07) is 10.1. The Morgan fingerprint density at radius 1 is 1.26 bits per heavy atom. The van der Waals surface area contributed by atoms with Crippen LogP contribution in [0.3, 0.4) is 0 Å². The van der Waals surface area contributed by atoms with E-state index in [1.165, 1.54) is 5.56 Å². The molecular formula is C17H22N4O2. The molecule has 0 atom stereocenters. The number of H-pyrrole nitrogens is 1. The second kappa shape index (κ2) is 7.39. The van der Waals surface area contributed by atoms with E-state index in [-0.39, 0.29) is 5.91 Å². The molecule has 0 spiro atoms. The van der Waals surface area contributed by atoms with Gasteiger partial charge in [-0.2, -0.15) is 5.10 Å². The smallest absolute Gasteiger partial charge is 0.272 e. The van der Waals surface area contributed by atoms with E-state index in [9.17, 15) is 4.79 Å². The summed E-state index contributed by atoms with van der Waals surface area (Å²) in [7, 11) is 0. The summed E-state index contributed by atoms with van der Waals surface area (Å²) in [5.74, 6) is -0.160. The predicted octanol–water partition coefficient (Wildman–Crippen LogP) is 1.48. The fourth-order valence-electron chi connectivity index (χ4n) is 2.59. The number of benzene rings is 1. The van der Waals surface area contributed by atoms with Crippen LogP contribution in [0.4, 0.5) is 0 Å². The lowest BCUT2D eigenvalue weighted by molar-refractivity contribution is 0.0342. The number of carbonyl (C=O) groups excluding carboxylic acids is 1. The fraction of sp³-hybridized carbons (Fsp3) is 0.412. The summed E-state index contributed by atoms with van der Waals surface area (Å²) in [5, 5.41) is 9.60.